The molecular formula is C23H26F3N5O. The number of rotatable bonds is 11. The fraction of sp³-hybridized carbons (Fsp3) is 0.348. The van der Waals surface area contributed by atoms with Crippen LogP contribution in [-0.2, 0) is 0 Å². The summed E-state index contributed by atoms with van der Waals surface area (Å²) in [7, 11) is 0. The van der Waals surface area contributed by atoms with Crippen LogP contribution in [0.5, 0.6) is 6.01 Å². The molecule has 0 fully saturated rings. The fourth-order valence-electron chi connectivity index (χ4n) is 3.02. The Bertz CT molecular complexity index is 915. The molecule has 0 spiro atoms. The molecule has 0 amide bonds. The Kier molecular flexibility index (Phi) is 8.24. The number of nitrogens with one attached hydrogen (secondary N) is 1. The van der Waals surface area contributed by atoms with E-state index in [2.05, 4.69) is 27.2 Å². The van der Waals surface area contributed by atoms with Gasteiger partial charge in [-0.05, 0) is 30.7 Å². The number of anilines is 4. The van der Waals surface area contributed by atoms with Crippen molar-refractivity contribution in [1.82, 2.24) is 15.0 Å². The standard InChI is InChI=1S/C23H26F3N5O/c1-2-3-4-11-16-27-20-28-21(30-22(29-20)32-17-23(24,25)26)31(18-12-7-5-8-13-18)19-14-9-6-10-15-19/h5-10,12-15H,2-4,11,16-17H2,1H3,(H,27,28,29,30). The minimum absolute atomic E-state index is 0.158. The highest BCUT2D eigenvalue weighted by molar-refractivity contribution is 5.72. The zero-order valence-corrected chi connectivity index (χ0v) is 17.8. The maximum absolute atomic E-state index is 12.7. The molecule has 0 aliphatic carbocycles. The van der Waals surface area contributed by atoms with Crippen molar-refractivity contribution in [2.24, 2.45) is 0 Å². The van der Waals surface area contributed by atoms with Gasteiger partial charge in [-0.1, -0.05) is 62.6 Å². The smallest absolute Gasteiger partial charge is 0.422 e. The average Bonchev–Trinajstić information content (AvgIpc) is 2.79. The predicted molar refractivity (Wildman–Crippen MR) is 119 cm³/mol. The predicted octanol–water partition coefficient (Wildman–Crippen LogP) is 6.27. The Morgan fingerprint density at radius 2 is 1.47 bits per heavy atom. The van der Waals surface area contributed by atoms with E-state index in [4.69, 9.17) is 4.74 Å². The minimum Gasteiger partial charge on any atom is -0.454 e. The number of halogens is 3. The van der Waals surface area contributed by atoms with Crippen LogP contribution in [-0.4, -0.2) is 34.3 Å². The lowest BCUT2D eigenvalue weighted by molar-refractivity contribution is -0.154. The van der Waals surface area contributed by atoms with Gasteiger partial charge >= 0.3 is 12.2 Å². The first-order chi connectivity index (χ1) is 15.5. The van der Waals surface area contributed by atoms with Crippen molar-refractivity contribution >= 4 is 23.3 Å². The van der Waals surface area contributed by atoms with E-state index in [0.29, 0.717) is 6.54 Å². The number of para-hydroxylation sites is 2. The Hall–Kier alpha value is -3.36. The van der Waals surface area contributed by atoms with Gasteiger partial charge in [0.25, 0.3) is 0 Å². The molecule has 3 rings (SSSR count). The van der Waals surface area contributed by atoms with Crippen molar-refractivity contribution in [3.63, 3.8) is 0 Å². The maximum atomic E-state index is 12.7. The lowest BCUT2D eigenvalue weighted by Gasteiger charge is -2.23. The highest BCUT2D eigenvalue weighted by Crippen LogP contribution is 2.33. The van der Waals surface area contributed by atoms with Crippen LogP contribution in [0.4, 0.5) is 36.4 Å². The van der Waals surface area contributed by atoms with Crippen molar-refractivity contribution in [2.75, 3.05) is 23.4 Å². The maximum Gasteiger partial charge on any atom is 0.422 e. The van der Waals surface area contributed by atoms with Gasteiger partial charge in [-0.2, -0.15) is 28.1 Å². The summed E-state index contributed by atoms with van der Waals surface area (Å²) in [6, 6.07) is 18.3. The van der Waals surface area contributed by atoms with Crippen LogP contribution in [0.2, 0.25) is 0 Å². The van der Waals surface area contributed by atoms with E-state index in [0.717, 1.165) is 37.1 Å². The SMILES string of the molecule is CCCCCCNc1nc(OCC(F)(F)F)nc(N(c2ccccc2)c2ccccc2)n1. The second kappa shape index (κ2) is 11.3. The van der Waals surface area contributed by atoms with Gasteiger partial charge in [-0.3, -0.25) is 4.90 Å². The van der Waals surface area contributed by atoms with Crippen molar-refractivity contribution in [1.29, 1.82) is 0 Å². The quantitative estimate of drug-likeness (QED) is 0.351. The van der Waals surface area contributed by atoms with E-state index in [1.54, 1.807) is 4.90 Å². The first-order valence-electron chi connectivity index (χ1n) is 10.6. The van der Waals surface area contributed by atoms with E-state index in [1.807, 2.05) is 60.7 Å². The second-order valence-corrected chi connectivity index (χ2v) is 7.14. The third kappa shape index (κ3) is 7.11. The average molecular weight is 445 g/mol. The van der Waals surface area contributed by atoms with Gasteiger partial charge in [0.1, 0.15) is 0 Å². The van der Waals surface area contributed by atoms with Gasteiger partial charge in [0.05, 0.1) is 0 Å². The monoisotopic (exact) mass is 445 g/mol. The third-order valence-electron chi connectivity index (χ3n) is 4.51. The molecule has 3 aromatic rings. The Balaban J connectivity index is 1.95. The Morgan fingerprint density at radius 1 is 0.844 bits per heavy atom. The molecular weight excluding hydrogens is 419 g/mol. The molecule has 0 bridgehead atoms. The van der Waals surface area contributed by atoms with Crippen LogP contribution < -0.4 is 15.0 Å². The van der Waals surface area contributed by atoms with E-state index < -0.39 is 12.8 Å². The summed E-state index contributed by atoms with van der Waals surface area (Å²) in [5.74, 6) is 0.325. The zero-order valence-electron chi connectivity index (χ0n) is 17.8. The van der Waals surface area contributed by atoms with Crippen LogP contribution in [0.25, 0.3) is 0 Å². The summed E-state index contributed by atoms with van der Waals surface area (Å²) < 4.78 is 43.1. The van der Waals surface area contributed by atoms with Gasteiger partial charge in [0.2, 0.25) is 11.9 Å². The molecule has 0 unspecified atom stereocenters. The molecule has 0 atom stereocenters. The van der Waals surface area contributed by atoms with Gasteiger partial charge in [0, 0.05) is 17.9 Å². The molecule has 0 radical (unpaired) electrons. The second-order valence-electron chi connectivity index (χ2n) is 7.14. The number of unbranched alkanes of at least 4 members (excludes halogenated alkanes) is 3. The first-order valence-corrected chi connectivity index (χ1v) is 10.6. The lowest BCUT2D eigenvalue weighted by Crippen LogP contribution is -2.22. The van der Waals surface area contributed by atoms with Crippen LogP contribution >= 0.6 is 0 Å². The van der Waals surface area contributed by atoms with Gasteiger partial charge < -0.3 is 10.1 Å². The highest BCUT2D eigenvalue weighted by atomic mass is 19.4. The van der Waals surface area contributed by atoms with E-state index in [-0.39, 0.29) is 17.9 Å². The summed E-state index contributed by atoms with van der Waals surface area (Å²) in [5.41, 5.74) is 1.50. The molecule has 2 aromatic carbocycles. The van der Waals surface area contributed by atoms with Crippen LogP contribution in [0.15, 0.2) is 60.7 Å². The molecule has 6 nitrogen and oxygen atoms in total. The van der Waals surface area contributed by atoms with Gasteiger partial charge in [0.15, 0.2) is 6.61 Å². The normalized spacial score (nSPS) is 11.2. The molecule has 0 aliphatic rings. The van der Waals surface area contributed by atoms with Crippen LogP contribution in [0, 0.1) is 0 Å². The number of alkyl halides is 3. The van der Waals surface area contributed by atoms with Crippen LogP contribution in [0.1, 0.15) is 32.6 Å². The summed E-state index contributed by atoms with van der Waals surface area (Å²) in [6.45, 7) is 1.24. The topological polar surface area (TPSA) is 63.2 Å². The summed E-state index contributed by atoms with van der Waals surface area (Å²) in [6.07, 6.45) is -0.346. The van der Waals surface area contributed by atoms with Gasteiger partial charge in [-0.25, -0.2) is 0 Å². The lowest BCUT2D eigenvalue weighted by atomic mass is 10.2. The largest absolute Gasteiger partial charge is 0.454 e. The summed E-state index contributed by atoms with van der Waals surface area (Å²) in [4.78, 5) is 14.5. The van der Waals surface area contributed by atoms with Crippen molar-refractivity contribution in [3.8, 4) is 6.01 Å². The molecule has 170 valence electrons. The molecule has 1 heterocycles. The van der Waals surface area contributed by atoms with E-state index in [9.17, 15) is 13.2 Å². The zero-order chi connectivity index (χ0) is 22.8. The number of ether oxygens (including phenoxy) is 1. The fourth-order valence-corrected chi connectivity index (χ4v) is 3.02. The Labute approximate surface area is 185 Å². The third-order valence-corrected chi connectivity index (χ3v) is 4.51. The number of benzene rings is 2. The molecule has 1 N–H and O–H groups in total. The molecule has 0 aliphatic heterocycles. The number of aromatic nitrogens is 3. The summed E-state index contributed by atoms with van der Waals surface area (Å²) >= 11 is 0. The summed E-state index contributed by atoms with van der Waals surface area (Å²) in [5, 5.41) is 3.09. The van der Waals surface area contributed by atoms with Crippen molar-refractivity contribution in [2.45, 2.75) is 38.8 Å². The van der Waals surface area contributed by atoms with Crippen molar-refractivity contribution in [3.05, 3.63) is 60.7 Å². The molecule has 0 saturated heterocycles. The van der Waals surface area contributed by atoms with Gasteiger partial charge in [-0.15, -0.1) is 0 Å². The molecule has 1 aromatic heterocycles. The molecule has 0 saturated carbocycles. The van der Waals surface area contributed by atoms with E-state index in [1.165, 1.54) is 0 Å². The minimum atomic E-state index is -4.50. The first kappa shape index (κ1) is 23.3. The highest BCUT2D eigenvalue weighted by Gasteiger charge is 2.29. The van der Waals surface area contributed by atoms with Crippen LogP contribution in [0.3, 0.4) is 0 Å². The van der Waals surface area contributed by atoms with Crippen molar-refractivity contribution < 1.29 is 17.9 Å². The Morgan fingerprint density at radius 3 is 2.03 bits per heavy atom. The van der Waals surface area contributed by atoms with E-state index >= 15 is 0 Å². The molecule has 32 heavy (non-hydrogen) atoms. The molecule has 9 heteroatoms. The number of hydrogen-bond donors (Lipinski definition) is 1. The number of nitrogens with zero attached hydrogens (tertiary/aromatic N) is 4. The number of hydrogen-bond acceptors (Lipinski definition) is 6.